The van der Waals surface area contributed by atoms with Crippen molar-refractivity contribution in [3.8, 4) is 0 Å². The monoisotopic (exact) mass is 453 g/mol. The highest BCUT2D eigenvalue weighted by Gasteiger charge is 2.14. The molecule has 1 atom stereocenters. The highest BCUT2D eigenvalue weighted by molar-refractivity contribution is 5.66. The van der Waals surface area contributed by atoms with Crippen molar-refractivity contribution in [2.75, 3.05) is 13.1 Å². The maximum absolute atomic E-state index is 11.0. The molecule has 0 amide bonds. The van der Waals surface area contributed by atoms with Crippen molar-refractivity contribution < 1.29 is 9.90 Å². The molecule has 0 aliphatic carbocycles. The molecule has 3 heteroatoms. The van der Waals surface area contributed by atoms with E-state index in [4.69, 9.17) is 5.11 Å². The Kier molecular flexibility index (Phi) is 24.6. The summed E-state index contributed by atoms with van der Waals surface area (Å²) in [5, 5.41) is 9.05. The van der Waals surface area contributed by atoms with E-state index in [9.17, 15) is 4.79 Å². The first-order valence-electron chi connectivity index (χ1n) is 14.6. The molecule has 0 aliphatic rings. The van der Waals surface area contributed by atoms with Crippen LogP contribution < -0.4 is 0 Å². The molecule has 0 fully saturated rings. The third-order valence-electron chi connectivity index (χ3n) is 7.00. The first-order valence-corrected chi connectivity index (χ1v) is 14.6. The Balaban J connectivity index is 3.90. The van der Waals surface area contributed by atoms with Gasteiger partial charge < -0.3 is 10.0 Å². The lowest BCUT2D eigenvalue weighted by Crippen LogP contribution is -2.35. The summed E-state index contributed by atoms with van der Waals surface area (Å²) in [6, 6.07) is 0.392. The Hall–Kier alpha value is -0.570. The summed E-state index contributed by atoms with van der Waals surface area (Å²) < 4.78 is 0. The van der Waals surface area contributed by atoms with Crippen LogP contribution in [0.5, 0.6) is 0 Å². The van der Waals surface area contributed by atoms with E-state index in [-0.39, 0.29) is 0 Å². The molecule has 3 nitrogen and oxygen atoms in total. The lowest BCUT2D eigenvalue weighted by atomic mass is 10.0. The normalized spacial score (nSPS) is 12.5. The summed E-state index contributed by atoms with van der Waals surface area (Å²) in [4.78, 5) is 13.6. The Labute approximate surface area is 202 Å². The van der Waals surface area contributed by atoms with Gasteiger partial charge in [0.1, 0.15) is 0 Å². The third-order valence-corrected chi connectivity index (χ3v) is 7.00. The van der Waals surface area contributed by atoms with E-state index >= 15 is 0 Å². The van der Waals surface area contributed by atoms with Crippen molar-refractivity contribution in [1.82, 2.24) is 4.90 Å². The van der Waals surface area contributed by atoms with Gasteiger partial charge in [-0.25, -0.2) is 0 Å². The second kappa shape index (κ2) is 25.1. The first-order chi connectivity index (χ1) is 15.6. The zero-order valence-corrected chi connectivity index (χ0v) is 22.4. The molecule has 0 aromatic heterocycles. The van der Waals surface area contributed by atoms with Gasteiger partial charge in [0.25, 0.3) is 0 Å². The number of carboxylic acid groups (broad SMARTS) is 1. The number of hydrogen-bond donors (Lipinski definition) is 1. The predicted octanol–water partition coefficient (Wildman–Crippen LogP) is 9.38. The van der Waals surface area contributed by atoms with Gasteiger partial charge >= 0.3 is 5.97 Å². The van der Waals surface area contributed by atoms with E-state index in [1.54, 1.807) is 0 Å². The van der Waals surface area contributed by atoms with Gasteiger partial charge in [0.05, 0.1) is 0 Å². The van der Waals surface area contributed by atoms with Gasteiger partial charge in [-0.1, -0.05) is 129 Å². The summed E-state index contributed by atoms with van der Waals surface area (Å²) in [5.41, 5.74) is 0. The van der Waals surface area contributed by atoms with Gasteiger partial charge in [0, 0.05) is 12.5 Å². The molecule has 1 N–H and O–H groups in total. The fraction of sp³-hybridized carbons (Fsp3) is 0.966. The van der Waals surface area contributed by atoms with Crippen LogP contribution in [0.3, 0.4) is 0 Å². The number of unbranched alkanes of at least 4 members (excludes halogenated alkanes) is 18. The molecular weight excluding hydrogens is 394 g/mol. The minimum atomic E-state index is -0.658. The predicted molar refractivity (Wildman–Crippen MR) is 142 cm³/mol. The smallest absolute Gasteiger partial charge is 0.303 e. The number of carbonyl (C=O) groups is 1. The fourth-order valence-electron chi connectivity index (χ4n) is 4.67. The van der Waals surface area contributed by atoms with Crippen LogP contribution in [0.2, 0.25) is 0 Å². The topological polar surface area (TPSA) is 40.5 Å². The number of carboxylic acids is 1. The highest BCUT2D eigenvalue weighted by atomic mass is 16.4. The number of hydrogen-bond acceptors (Lipinski definition) is 2. The Morgan fingerprint density at radius 3 is 1.22 bits per heavy atom. The maximum Gasteiger partial charge on any atom is 0.303 e. The molecule has 0 bridgehead atoms. The highest BCUT2D eigenvalue weighted by Crippen LogP contribution is 2.15. The first kappa shape index (κ1) is 31.4. The molecule has 0 radical (unpaired) electrons. The maximum atomic E-state index is 11.0. The molecule has 0 aromatic rings. The third kappa shape index (κ3) is 22.6. The minimum Gasteiger partial charge on any atom is -0.481 e. The van der Waals surface area contributed by atoms with Gasteiger partial charge in [0.2, 0.25) is 0 Å². The van der Waals surface area contributed by atoms with Crippen molar-refractivity contribution in [3.63, 3.8) is 0 Å². The largest absolute Gasteiger partial charge is 0.481 e. The fourth-order valence-corrected chi connectivity index (χ4v) is 4.67. The SMILES string of the molecule is CCCCCCCCCCCCN(CCCCCCCCCCCC)C(C)CCC(=O)O. The van der Waals surface area contributed by atoms with Crippen LogP contribution in [0.25, 0.3) is 0 Å². The van der Waals surface area contributed by atoms with Crippen molar-refractivity contribution in [2.24, 2.45) is 0 Å². The van der Waals surface area contributed by atoms with E-state index in [1.165, 1.54) is 128 Å². The summed E-state index contributed by atoms with van der Waals surface area (Å²) in [6.45, 7) is 9.09. The average molecular weight is 454 g/mol. The van der Waals surface area contributed by atoms with Crippen LogP contribution in [-0.4, -0.2) is 35.1 Å². The molecule has 0 rings (SSSR count). The van der Waals surface area contributed by atoms with E-state index in [0.29, 0.717) is 12.5 Å². The number of aliphatic carboxylic acids is 1. The molecule has 0 heterocycles. The Bertz CT molecular complexity index is 361. The number of rotatable bonds is 26. The quantitative estimate of drug-likeness (QED) is 0.133. The molecule has 0 spiro atoms. The minimum absolute atomic E-state index is 0.299. The molecule has 0 aliphatic heterocycles. The summed E-state index contributed by atoms with van der Waals surface area (Å²) in [6.07, 6.45) is 28.5. The van der Waals surface area contributed by atoms with Crippen molar-refractivity contribution >= 4 is 5.97 Å². The standard InChI is InChI=1S/C29H59NO2/c1-4-6-8-10-12-14-16-18-20-22-26-30(28(3)24-25-29(31)32)27-23-21-19-17-15-13-11-9-7-5-2/h28H,4-27H2,1-3H3,(H,31,32). The van der Waals surface area contributed by atoms with Crippen LogP contribution in [0.15, 0.2) is 0 Å². The van der Waals surface area contributed by atoms with Gasteiger partial charge in [0.15, 0.2) is 0 Å². The molecule has 0 saturated carbocycles. The van der Waals surface area contributed by atoms with Crippen molar-refractivity contribution in [1.29, 1.82) is 0 Å². The zero-order chi connectivity index (χ0) is 23.7. The average Bonchev–Trinajstić information content (AvgIpc) is 2.78. The molecule has 0 aromatic carbocycles. The van der Waals surface area contributed by atoms with Crippen molar-refractivity contribution in [2.45, 2.75) is 168 Å². The van der Waals surface area contributed by atoms with Crippen molar-refractivity contribution in [3.05, 3.63) is 0 Å². The van der Waals surface area contributed by atoms with Gasteiger partial charge in [-0.2, -0.15) is 0 Å². The van der Waals surface area contributed by atoms with Gasteiger partial charge in [-0.05, 0) is 39.3 Å². The van der Waals surface area contributed by atoms with E-state index < -0.39 is 5.97 Å². The molecule has 1 unspecified atom stereocenters. The Morgan fingerprint density at radius 2 is 0.906 bits per heavy atom. The summed E-state index contributed by atoms with van der Waals surface area (Å²) in [5.74, 6) is -0.658. The molecule has 192 valence electrons. The Morgan fingerprint density at radius 1 is 0.594 bits per heavy atom. The van der Waals surface area contributed by atoms with E-state index in [0.717, 1.165) is 19.5 Å². The lowest BCUT2D eigenvalue weighted by molar-refractivity contribution is -0.137. The van der Waals surface area contributed by atoms with Crippen LogP contribution in [0, 0.1) is 0 Å². The lowest BCUT2D eigenvalue weighted by Gasteiger charge is -2.29. The molecular formula is C29H59NO2. The molecule has 0 saturated heterocycles. The van der Waals surface area contributed by atoms with Gasteiger partial charge in [-0.15, -0.1) is 0 Å². The molecule has 32 heavy (non-hydrogen) atoms. The van der Waals surface area contributed by atoms with Gasteiger partial charge in [-0.3, -0.25) is 4.79 Å². The van der Waals surface area contributed by atoms with E-state index in [2.05, 4.69) is 25.7 Å². The zero-order valence-electron chi connectivity index (χ0n) is 22.4. The summed E-state index contributed by atoms with van der Waals surface area (Å²) >= 11 is 0. The van der Waals surface area contributed by atoms with E-state index in [1.807, 2.05) is 0 Å². The second-order valence-corrected chi connectivity index (χ2v) is 10.2. The summed E-state index contributed by atoms with van der Waals surface area (Å²) in [7, 11) is 0. The van der Waals surface area contributed by atoms with Crippen LogP contribution in [0.4, 0.5) is 0 Å². The second-order valence-electron chi connectivity index (χ2n) is 10.2. The van der Waals surface area contributed by atoms with Crippen LogP contribution in [-0.2, 0) is 4.79 Å². The van der Waals surface area contributed by atoms with Crippen LogP contribution >= 0.6 is 0 Å². The van der Waals surface area contributed by atoms with Crippen LogP contribution in [0.1, 0.15) is 162 Å². The number of nitrogens with zero attached hydrogens (tertiary/aromatic N) is 1.